The molecule has 0 bridgehead atoms. The molecule has 2 N–H and O–H groups in total. The number of nitrogens with zero attached hydrogens (tertiary/aromatic N) is 3. The molecule has 1 amide bonds. The molecule has 0 aliphatic rings. The molecule has 2 aromatic rings. The molecule has 0 aliphatic carbocycles. The van der Waals surface area contributed by atoms with Crippen LogP contribution in [0.4, 0.5) is 24.9 Å². The molecule has 122 valence electrons. The lowest BCUT2D eigenvalue weighted by atomic mass is 10.3. The lowest BCUT2D eigenvalue weighted by Gasteiger charge is -2.09. The summed E-state index contributed by atoms with van der Waals surface area (Å²) >= 11 is 0. The third-order valence-electron chi connectivity index (χ3n) is 2.74. The maximum Gasteiger partial charge on any atom is 0.433 e. The van der Waals surface area contributed by atoms with Gasteiger partial charge in [0.1, 0.15) is 11.5 Å². The Labute approximate surface area is 130 Å². The first-order valence-electron chi connectivity index (χ1n) is 6.72. The summed E-state index contributed by atoms with van der Waals surface area (Å²) in [5.74, 6) is -0.0748. The molecule has 9 heteroatoms. The SMILES string of the molecule is Cc1cccc(NC(=O)CCNc2nccc(C(F)(F)F)n2)n1. The van der Waals surface area contributed by atoms with Crippen molar-refractivity contribution in [3.63, 3.8) is 0 Å². The van der Waals surface area contributed by atoms with Crippen molar-refractivity contribution in [3.8, 4) is 0 Å². The van der Waals surface area contributed by atoms with Crippen LogP contribution in [-0.4, -0.2) is 27.4 Å². The second-order valence-electron chi connectivity index (χ2n) is 4.65. The largest absolute Gasteiger partial charge is 0.433 e. The van der Waals surface area contributed by atoms with Gasteiger partial charge in [0.05, 0.1) is 0 Å². The molecular formula is C14H14F3N5O. The number of nitrogens with one attached hydrogen (secondary N) is 2. The van der Waals surface area contributed by atoms with Gasteiger partial charge in [-0.2, -0.15) is 13.2 Å². The molecule has 2 heterocycles. The second-order valence-corrected chi connectivity index (χ2v) is 4.65. The Morgan fingerprint density at radius 2 is 2.00 bits per heavy atom. The molecule has 23 heavy (non-hydrogen) atoms. The topological polar surface area (TPSA) is 79.8 Å². The van der Waals surface area contributed by atoms with Gasteiger partial charge in [-0.15, -0.1) is 0 Å². The highest BCUT2D eigenvalue weighted by Crippen LogP contribution is 2.27. The Hall–Kier alpha value is -2.71. The van der Waals surface area contributed by atoms with E-state index in [4.69, 9.17) is 0 Å². The molecule has 2 rings (SSSR count). The number of carbonyl (C=O) groups is 1. The van der Waals surface area contributed by atoms with Crippen molar-refractivity contribution in [2.75, 3.05) is 17.2 Å². The van der Waals surface area contributed by atoms with Gasteiger partial charge in [-0.1, -0.05) is 6.07 Å². The van der Waals surface area contributed by atoms with Crippen LogP contribution in [0.5, 0.6) is 0 Å². The van der Waals surface area contributed by atoms with E-state index in [2.05, 4.69) is 25.6 Å². The molecule has 0 aromatic carbocycles. The van der Waals surface area contributed by atoms with Gasteiger partial charge in [0.25, 0.3) is 0 Å². The average molecular weight is 325 g/mol. The zero-order valence-corrected chi connectivity index (χ0v) is 12.2. The minimum Gasteiger partial charge on any atom is -0.354 e. The molecule has 0 fully saturated rings. The highest BCUT2D eigenvalue weighted by molar-refractivity contribution is 5.89. The molecular weight excluding hydrogens is 311 g/mol. The maximum atomic E-state index is 12.5. The van der Waals surface area contributed by atoms with Crippen LogP contribution in [0.1, 0.15) is 17.8 Å². The number of amides is 1. The van der Waals surface area contributed by atoms with Crippen LogP contribution in [0, 0.1) is 6.92 Å². The van der Waals surface area contributed by atoms with Crippen LogP contribution >= 0.6 is 0 Å². The van der Waals surface area contributed by atoms with Crippen molar-refractivity contribution in [2.45, 2.75) is 19.5 Å². The highest BCUT2D eigenvalue weighted by atomic mass is 19.4. The van der Waals surface area contributed by atoms with Crippen LogP contribution in [0.25, 0.3) is 0 Å². The molecule has 6 nitrogen and oxygen atoms in total. The van der Waals surface area contributed by atoms with E-state index in [1.807, 2.05) is 0 Å². The molecule has 0 aliphatic heterocycles. The number of alkyl halides is 3. The molecule has 0 unspecified atom stereocenters. The Morgan fingerprint density at radius 1 is 1.22 bits per heavy atom. The monoisotopic (exact) mass is 325 g/mol. The lowest BCUT2D eigenvalue weighted by Crippen LogP contribution is -2.18. The number of aryl methyl sites for hydroxylation is 1. The number of hydrogen-bond donors (Lipinski definition) is 2. The fourth-order valence-electron chi connectivity index (χ4n) is 1.71. The first-order chi connectivity index (χ1) is 10.8. The van der Waals surface area contributed by atoms with Crippen LogP contribution in [0.3, 0.4) is 0 Å². The Balaban J connectivity index is 1.84. The lowest BCUT2D eigenvalue weighted by molar-refractivity contribution is -0.141. The normalized spacial score (nSPS) is 11.1. The van der Waals surface area contributed by atoms with Gasteiger partial charge in [0, 0.05) is 24.9 Å². The van der Waals surface area contributed by atoms with Crippen molar-refractivity contribution in [1.29, 1.82) is 0 Å². The first kappa shape index (κ1) is 16.7. The number of pyridine rings is 1. The smallest absolute Gasteiger partial charge is 0.354 e. The van der Waals surface area contributed by atoms with E-state index in [0.29, 0.717) is 5.82 Å². The summed E-state index contributed by atoms with van der Waals surface area (Å²) in [5.41, 5.74) is -0.276. The van der Waals surface area contributed by atoms with E-state index in [1.54, 1.807) is 25.1 Å². The quantitative estimate of drug-likeness (QED) is 0.883. The summed E-state index contributed by atoms with van der Waals surface area (Å²) in [6.07, 6.45) is -3.49. The maximum absolute atomic E-state index is 12.5. The standard InChI is InChI=1S/C14H14F3N5O/c1-9-3-2-4-11(20-9)22-12(23)6-8-19-13-18-7-5-10(21-13)14(15,16)17/h2-5,7H,6,8H2,1H3,(H,18,19,21)(H,20,22,23). The van der Waals surface area contributed by atoms with Crippen molar-refractivity contribution < 1.29 is 18.0 Å². The number of halogens is 3. The minimum absolute atomic E-state index is 0.0369. The van der Waals surface area contributed by atoms with Gasteiger partial charge in [0.15, 0.2) is 0 Å². The summed E-state index contributed by atoms with van der Waals surface area (Å²) in [6.45, 7) is 1.89. The predicted octanol–water partition coefficient (Wildman–Crippen LogP) is 2.64. The third kappa shape index (κ3) is 5.20. The van der Waals surface area contributed by atoms with Crippen LogP contribution < -0.4 is 10.6 Å². The first-order valence-corrected chi connectivity index (χ1v) is 6.72. The van der Waals surface area contributed by atoms with Crippen molar-refractivity contribution in [2.24, 2.45) is 0 Å². The zero-order valence-electron chi connectivity index (χ0n) is 12.2. The number of hydrogen-bond acceptors (Lipinski definition) is 5. The molecule has 0 atom stereocenters. The van der Waals surface area contributed by atoms with Gasteiger partial charge in [-0.25, -0.2) is 15.0 Å². The number of rotatable bonds is 5. The Bertz CT molecular complexity index is 690. The van der Waals surface area contributed by atoms with E-state index >= 15 is 0 Å². The van der Waals surface area contributed by atoms with Gasteiger partial charge < -0.3 is 10.6 Å². The average Bonchev–Trinajstić information content (AvgIpc) is 2.46. The summed E-state index contributed by atoms with van der Waals surface area (Å²) in [7, 11) is 0. The van der Waals surface area contributed by atoms with E-state index in [-0.39, 0.29) is 24.8 Å². The van der Waals surface area contributed by atoms with E-state index < -0.39 is 11.9 Å². The summed E-state index contributed by atoms with van der Waals surface area (Å²) in [6, 6.07) is 5.98. The Kier molecular flexibility index (Phi) is 5.09. The summed E-state index contributed by atoms with van der Waals surface area (Å²) < 4.78 is 37.5. The molecule has 2 aromatic heterocycles. The van der Waals surface area contributed by atoms with Gasteiger partial charge >= 0.3 is 6.18 Å². The number of anilines is 2. The van der Waals surface area contributed by atoms with Gasteiger partial charge in [-0.3, -0.25) is 4.79 Å². The predicted molar refractivity (Wildman–Crippen MR) is 77.7 cm³/mol. The molecule has 0 saturated carbocycles. The number of aromatic nitrogens is 3. The summed E-state index contributed by atoms with van der Waals surface area (Å²) in [4.78, 5) is 22.9. The van der Waals surface area contributed by atoms with Crippen molar-refractivity contribution >= 4 is 17.7 Å². The summed E-state index contributed by atoms with van der Waals surface area (Å²) in [5, 5.41) is 5.18. The zero-order chi connectivity index (χ0) is 16.9. The van der Waals surface area contributed by atoms with Crippen molar-refractivity contribution in [1.82, 2.24) is 15.0 Å². The molecule has 0 spiro atoms. The van der Waals surface area contributed by atoms with E-state index in [0.717, 1.165) is 18.0 Å². The van der Waals surface area contributed by atoms with Crippen molar-refractivity contribution in [3.05, 3.63) is 41.9 Å². The van der Waals surface area contributed by atoms with Gasteiger partial charge in [0.2, 0.25) is 11.9 Å². The van der Waals surface area contributed by atoms with Gasteiger partial charge in [-0.05, 0) is 25.1 Å². The van der Waals surface area contributed by atoms with Crippen LogP contribution in [0.15, 0.2) is 30.5 Å². The highest BCUT2D eigenvalue weighted by Gasteiger charge is 2.32. The minimum atomic E-state index is -4.53. The van der Waals surface area contributed by atoms with E-state index in [9.17, 15) is 18.0 Å². The van der Waals surface area contributed by atoms with Crippen LogP contribution in [-0.2, 0) is 11.0 Å². The van der Waals surface area contributed by atoms with E-state index in [1.165, 1.54) is 0 Å². The third-order valence-corrected chi connectivity index (χ3v) is 2.74. The second kappa shape index (κ2) is 7.03. The van der Waals surface area contributed by atoms with Crippen LogP contribution in [0.2, 0.25) is 0 Å². The molecule has 0 radical (unpaired) electrons. The number of carbonyl (C=O) groups excluding carboxylic acids is 1. The molecule has 0 saturated heterocycles. The fraction of sp³-hybridized carbons (Fsp3) is 0.286. The Morgan fingerprint density at radius 3 is 2.70 bits per heavy atom. The fourth-order valence-corrected chi connectivity index (χ4v) is 1.71.